The molecule has 5 nitrogen and oxygen atoms in total. The third kappa shape index (κ3) is 6.45. The zero-order chi connectivity index (χ0) is 14.1. The summed E-state index contributed by atoms with van der Waals surface area (Å²) in [7, 11) is 0. The summed E-state index contributed by atoms with van der Waals surface area (Å²) in [5.41, 5.74) is 0.912. The van der Waals surface area contributed by atoms with Gasteiger partial charge in [0.2, 0.25) is 0 Å². The van der Waals surface area contributed by atoms with Gasteiger partial charge < -0.3 is 15.2 Å². The number of ether oxygens (including phenoxy) is 1. The summed E-state index contributed by atoms with van der Waals surface area (Å²) in [6.07, 6.45) is 0.230. The van der Waals surface area contributed by atoms with Crippen molar-refractivity contribution in [3.8, 4) is 0 Å². The lowest BCUT2D eigenvalue weighted by Crippen LogP contribution is -2.30. The topological polar surface area (TPSA) is 75.6 Å². The molecule has 0 bridgehead atoms. The first-order valence-electron chi connectivity index (χ1n) is 6.28. The predicted molar refractivity (Wildman–Crippen MR) is 70.7 cm³/mol. The molecule has 0 aliphatic carbocycles. The first-order chi connectivity index (χ1) is 9.11. The Hall–Kier alpha value is -2.04. The maximum absolute atomic E-state index is 11.4. The number of aliphatic carboxylic acids is 1. The number of benzene rings is 1. The minimum atomic E-state index is -0.855. The number of carbonyl (C=O) groups excluding carboxylic acids is 1. The number of carboxylic acids is 1. The number of carboxylic acid groups (broad SMARTS) is 1. The average Bonchev–Trinajstić information content (AvgIpc) is 2.42. The van der Waals surface area contributed by atoms with Crippen molar-refractivity contribution in [3.63, 3.8) is 0 Å². The van der Waals surface area contributed by atoms with Gasteiger partial charge >= 0.3 is 12.1 Å². The predicted octanol–water partition coefficient (Wildman–Crippen LogP) is 2.41. The molecule has 5 heteroatoms. The Balaban J connectivity index is 2.25. The fourth-order valence-corrected chi connectivity index (χ4v) is 1.61. The Morgan fingerprint density at radius 3 is 2.58 bits per heavy atom. The van der Waals surface area contributed by atoms with Crippen LogP contribution in [0.25, 0.3) is 0 Å². The molecule has 0 heterocycles. The zero-order valence-corrected chi connectivity index (χ0v) is 11.0. The molecule has 104 valence electrons. The van der Waals surface area contributed by atoms with Crippen LogP contribution in [-0.2, 0) is 16.1 Å². The van der Waals surface area contributed by atoms with Crippen molar-refractivity contribution >= 4 is 12.1 Å². The van der Waals surface area contributed by atoms with E-state index in [4.69, 9.17) is 9.84 Å². The quantitative estimate of drug-likeness (QED) is 0.793. The highest BCUT2D eigenvalue weighted by atomic mass is 16.5. The van der Waals surface area contributed by atoms with Crippen molar-refractivity contribution in [1.82, 2.24) is 5.32 Å². The fraction of sp³-hybridized carbons (Fsp3) is 0.429. The van der Waals surface area contributed by atoms with Gasteiger partial charge in [-0.3, -0.25) is 4.79 Å². The summed E-state index contributed by atoms with van der Waals surface area (Å²) in [4.78, 5) is 22.0. The Kier molecular flexibility index (Phi) is 6.43. The van der Waals surface area contributed by atoms with Crippen molar-refractivity contribution < 1.29 is 19.4 Å². The molecule has 2 N–H and O–H groups in total. The van der Waals surface area contributed by atoms with E-state index >= 15 is 0 Å². The number of alkyl carbamates (subject to hydrolysis) is 1. The van der Waals surface area contributed by atoms with Crippen LogP contribution in [0.3, 0.4) is 0 Å². The number of nitrogens with one attached hydrogen (secondary N) is 1. The second-order valence-electron chi connectivity index (χ2n) is 4.31. The van der Waals surface area contributed by atoms with Crippen LogP contribution in [0.5, 0.6) is 0 Å². The Morgan fingerprint density at radius 2 is 2.00 bits per heavy atom. The third-order valence-electron chi connectivity index (χ3n) is 2.79. The van der Waals surface area contributed by atoms with Crippen molar-refractivity contribution in [1.29, 1.82) is 0 Å². The van der Waals surface area contributed by atoms with Crippen LogP contribution in [-0.4, -0.2) is 23.7 Å². The lowest BCUT2D eigenvalue weighted by Gasteiger charge is -2.13. The van der Waals surface area contributed by atoms with Crippen molar-refractivity contribution in [2.75, 3.05) is 6.54 Å². The summed E-state index contributed by atoms with van der Waals surface area (Å²) in [5, 5.41) is 11.3. The molecular weight excluding hydrogens is 246 g/mol. The van der Waals surface area contributed by atoms with Gasteiger partial charge in [0.05, 0.1) is 0 Å². The molecule has 1 aromatic carbocycles. The molecule has 0 saturated carbocycles. The minimum absolute atomic E-state index is 0.0511. The Labute approximate surface area is 112 Å². The van der Waals surface area contributed by atoms with E-state index in [0.717, 1.165) is 5.56 Å². The average molecular weight is 265 g/mol. The van der Waals surface area contributed by atoms with E-state index in [0.29, 0.717) is 13.0 Å². The van der Waals surface area contributed by atoms with E-state index in [1.54, 1.807) is 0 Å². The number of rotatable bonds is 7. The van der Waals surface area contributed by atoms with Gasteiger partial charge in [0.15, 0.2) is 0 Å². The van der Waals surface area contributed by atoms with Gasteiger partial charge in [-0.2, -0.15) is 0 Å². The first-order valence-corrected chi connectivity index (χ1v) is 6.28. The van der Waals surface area contributed by atoms with Crippen molar-refractivity contribution in [2.24, 2.45) is 5.92 Å². The monoisotopic (exact) mass is 265 g/mol. The van der Waals surface area contributed by atoms with Crippen LogP contribution >= 0.6 is 0 Å². The second-order valence-corrected chi connectivity index (χ2v) is 4.31. The van der Waals surface area contributed by atoms with E-state index < -0.39 is 12.1 Å². The van der Waals surface area contributed by atoms with Gasteiger partial charge in [0.1, 0.15) is 6.61 Å². The molecule has 0 saturated heterocycles. The molecule has 0 aromatic heterocycles. The van der Waals surface area contributed by atoms with Gasteiger partial charge in [0, 0.05) is 13.0 Å². The number of hydrogen-bond donors (Lipinski definition) is 2. The molecular formula is C14H19NO4. The standard InChI is InChI=1S/C14H19NO4/c1-2-11(8-13(16)17)9-15-14(18)19-10-12-6-4-3-5-7-12/h3-7,11H,2,8-10H2,1H3,(H,15,18)(H,16,17). The second kappa shape index (κ2) is 8.13. The van der Waals surface area contributed by atoms with E-state index in [9.17, 15) is 9.59 Å². The van der Waals surface area contributed by atoms with Gasteiger partial charge in [-0.15, -0.1) is 0 Å². The SMILES string of the molecule is CCC(CNC(=O)OCc1ccccc1)CC(=O)O. The third-order valence-corrected chi connectivity index (χ3v) is 2.79. The van der Waals surface area contributed by atoms with Crippen LogP contribution in [0.4, 0.5) is 4.79 Å². The molecule has 0 fully saturated rings. The zero-order valence-electron chi connectivity index (χ0n) is 11.0. The number of carbonyl (C=O) groups is 2. The number of hydrogen-bond acceptors (Lipinski definition) is 3. The van der Waals surface area contributed by atoms with Gasteiger partial charge in [-0.1, -0.05) is 43.7 Å². The summed E-state index contributed by atoms with van der Waals surface area (Å²) < 4.78 is 5.03. The van der Waals surface area contributed by atoms with Crippen LogP contribution in [0, 0.1) is 5.92 Å². The van der Waals surface area contributed by atoms with Crippen molar-refractivity contribution in [2.45, 2.75) is 26.4 Å². The van der Waals surface area contributed by atoms with Crippen LogP contribution in [0.1, 0.15) is 25.3 Å². The summed E-state index contributed by atoms with van der Waals surface area (Å²) >= 11 is 0. The van der Waals surface area contributed by atoms with Crippen LogP contribution in [0.15, 0.2) is 30.3 Å². The van der Waals surface area contributed by atoms with E-state index in [-0.39, 0.29) is 18.9 Å². The van der Waals surface area contributed by atoms with Crippen LogP contribution < -0.4 is 5.32 Å². The van der Waals surface area contributed by atoms with Gasteiger partial charge in [-0.25, -0.2) is 4.79 Å². The Bertz CT molecular complexity index is 405. The summed E-state index contributed by atoms with van der Waals surface area (Å²) in [6.45, 7) is 2.42. The molecule has 1 atom stereocenters. The van der Waals surface area contributed by atoms with Crippen LogP contribution in [0.2, 0.25) is 0 Å². The molecule has 0 radical (unpaired) electrons. The van der Waals surface area contributed by atoms with E-state index in [1.807, 2.05) is 37.3 Å². The molecule has 1 rings (SSSR count). The van der Waals surface area contributed by atoms with Crippen molar-refractivity contribution in [3.05, 3.63) is 35.9 Å². The lowest BCUT2D eigenvalue weighted by atomic mass is 10.0. The molecule has 1 amide bonds. The molecule has 0 spiro atoms. The maximum atomic E-state index is 11.4. The molecule has 0 aliphatic heterocycles. The summed E-state index contributed by atoms with van der Waals surface area (Å²) in [5.74, 6) is -0.923. The first kappa shape index (κ1) is 15.0. The molecule has 1 unspecified atom stereocenters. The maximum Gasteiger partial charge on any atom is 0.407 e. The van der Waals surface area contributed by atoms with E-state index in [1.165, 1.54) is 0 Å². The number of amides is 1. The molecule has 19 heavy (non-hydrogen) atoms. The molecule has 0 aliphatic rings. The van der Waals surface area contributed by atoms with E-state index in [2.05, 4.69) is 5.32 Å². The Morgan fingerprint density at radius 1 is 1.32 bits per heavy atom. The largest absolute Gasteiger partial charge is 0.481 e. The highest BCUT2D eigenvalue weighted by Gasteiger charge is 2.12. The summed E-state index contributed by atoms with van der Waals surface area (Å²) in [6, 6.07) is 9.37. The molecule has 1 aromatic rings. The fourth-order valence-electron chi connectivity index (χ4n) is 1.61. The normalized spacial score (nSPS) is 11.6. The van der Waals surface area contributed by atoms with Gasteiger partial charge in [0.25, 0.3) is 0 Å². The lowest BCUT2D eigenvalue weighted by molar-refractivity contribution is -0.138. The smallest absolute Gasteiger partial charge is 0.407 e. The van der Waals surface area contributed by atoms with Gasteiger partial charge in [-0.05, 0) is 11.5 Å². The highest BCUT2D eigenvalue weighted by molar-refractivity contribution is 5.68. The minimum Gasteiger partial charge on any atom is -0.481 e. The highest BCUT2D eigenvalue weighted by Crippen LogP contribution is 2.07.